The van der Waals surface area contributed by atoms with E-state index in [1.54, 1.807) is 24.3 Å². The molecule has 1 saturated heterocycles. The molecule has 118 valence electrons. The van der Waals surface area contributed by atoms with Crippen LogP contribution in [0.2, 0.25) is 0 Å². The fraction of sp³-hybridized carbons (Fsp3) is 0.286. The molecule has 2 heterocycles. The van der Waals surface area contributed by atoms with E-state index in [4.69, 9.17) is 5.26 Å². The van der Waals surface area contributed by atoms with Gasteiger partial charge >= 0.3 is 0 Å². The van der Waals surface area contributed by atoms with E-state index in [0.29, 0.717) is 23.8 Å². The molecule has 0 spiro atoms. The van der Waals surface area contributed by atoms with Crippen LogP contribution in [-0.4, -0.2) is 41.1 Å². The third-order valence-corrected chi connectivity index (χ3v) is 5.18. The monoisotopic (exact) mass is 330 g/mol. The van der Waals surface area contributed by atoms with Crippen molar-refractivity contribution >= 4 is 27.3 Å². The van der Waals surface area contributed by atoms with E-state index in [9.17, 15) is 8.42 Å². The molecule has 1 unspecified atom stereocenters. The average Bonchev–Trinajstić information content (AvgIpc) is 2.87. The lowest BCUT2D eigenvalue weighted by molar-refractivity contribution is 0.602. The van der Waals surface area contributed by atoms with Gasteiger partial charge in [-0.2, -0.15) is 15.3 Å². The van der Waals surface area contributed by atoms with Gasteiger partial charge in [0.2, 0.25) is 5.95 Å². The summed E-state index contributed by atoms with van der Waals surface area (Å²) in [5.74, 6) is 1.06. The number of hydrogen-bond donors (Lipinski definition) is 2. The highest BCUT2D eigenvalue weighted by atomic mass is 32.2. The SMILES string of the molecule is N#Cc1ccc(Nc2nncc(NC3CCS(=O)(=O)C3)n2)cc1. The smallest absolute Gasteiger partial charge is 0.249 e. The second kappa shape index (κ2) is 6.18. The van der Waals surface area contributed by atoms with Crippen molar-refractivity contribution in [3.8, 4) is 6.07 Å². The molecule has 9 heteroatoms. The fourth-order valence-electron chi connectivity index (χ4n) is 2.30. The highest BCUT2D eigenvalue weighted by Gasteiger charge is 2.28. The van der Waals surface area contributed by atoms with Gasteiger partial charge in [0.1, 0.15) is 0 Å². The van der Waals surface area contributed by atoms with E-state index in [0.717, 1.165) is 5.69 Å². The Morgan fingerprint density at radius 2 is 2.04 bits per heavy atom. The molecular weight excluding hydrogens is 316 g/mol. The summed E-state index contributed by atoms with van der Waals surface area (Å²) in [7, 11) is -2.95. The van der Waals surface area contributed by atoms with Crippen LogP contribution in [0.1, 0.15) is 12.0 Å². The molecule has 1 aliphatic rings. The van der Waals surface area contributed by atoms with Crippen LogP contribution in [0.4, 0.5) is 17.5 Å². The van der Waals surface area contributed by atoms with Crippen molar-refractivity contribution in [1.82, 2.24) is 15.2 Å². The first-order chi connectivity index (χ1) is 11.0. The summed E-state index contributed by atoms with van der Waals surface area (Å²) in [6, 6.07) is 8.74. The zero-order chi connectivity index (χ0) is 16.3. The molecule has 1 aliphatic heterocycles. The molecule has 2 aromatic rings. The maximum atomic E-state index is 11.5. The molecule has 1 fully saturated rings. The number of hydrogen-bond acceptors (Lipinski definition) is 8. The summed E-state index contributed by atoms with van der Waals surface area (Å²) < 4.78 is 22.9. The molecule has 1 aromatic heterocycles. The summed E-state index contributed by atoms with van der Waals surface area (Å²) in [5, 5.41) is 22.6. The predicted octanol–water partition coefficient (Wildman–Crippen LogP) is 1.09. The topological polar surface area (TPSA) is 121 Å². The Morgan fingerprint density at radius 3 is 2.70 bits per heavy atom. The number of nitriles is 1. The highest BCUT2D eigenvalue weighted by Crippen LogP contribution is 2.17. The first-order valence-electron chi connectivity index (χ1n) is 6.98. The lowest BCUT2D eigenvalue weighted by Crippen LogP contribution is -2.21. The third kappa shape index (κ3) is 3.92. The van der Waals surface area contributed by atoms with Crippen LogP contribution in [0.15, 0.2) is 30.5 Å². The molecule has 1 atom stereocenters. The minimum atomic E-state index is -2.95. The van der Waals surface area contributed by atoms with Crippen LogP contribution in [-0.2, 0) is 9.84 Å². The maximum Gasteiger partial charge on any atom is 0.249 e. The molecule has 3 rings (SSSR count). The van der Waals surface area contributed by atoms with E-state index < -0.39 is 9.84 Å². The van der Waals surface area contributed by atoms with Crippen LogP contribution in [0.3, 0.4) is 0 Å². The Labute approximate surface area is 133 Å². The molecule has 23 heavy (non-hydrogen) atoms. The van der Waals surface area contributed by atoms with Gasteiger partial charge in [-0.05, 0) is 30.7 Å². The highest BCUT2D eigenvalue weighted by molar-refractivity contribution is 7.91. The van der Waals surface area contributed by atoms with Crippen molar-refractivity contribution < 1.29 is 8.42 Å². The first kappa shape index (κ1) is 15.2. The Balaban J connectivity index is 1.68. The zero-order valence-corrected chi connectivity index (χ0v) is 12.9. The Morgan fingerprint density at radius 1 is 1.26 bits per heavy atom. The normalized spacial score (nSPS) is 19.0. The van der Waals surface area contributed by atoms with E-state index in [1.165, 1.54) is 6.20 Å². The van der Waals surface area contributed by atoms with Gasteiger partial charge in [0.25, 0.3) is 0 Å². The van der Waals surface area contributed by atoms with E-state index >= 15 is 0 Å². The molecule has 0 radical (unpaired) electrons. The summed E-state index contributed by atoms with van der Waals surface area (Å²) in [5.41, 5.74) is 1.29. The van der Waals surface area contributed by atoms with Gasteiger partial charge in [-0.3, -0.25) is 0 Å². The van der Waals surface area contributed by atoms with Gasteiger partial charge in [0.05, 0.1) is 29.3 Å². The molecule has 0 saturated carbocycles. The molecule has 0 aliphatic carbocycles. The van der Waals surface area contributed by atoms with Crippen molar-refractivity contribution in [3.63, 3.8) is 0 Å². The second-order valence-corrected chi connectivity index (χ2v) is 7.45. The maximum absolute atomic E-state index is 11.5. The molecule has 1 aromatic carbocycles. The van der Waals surface area contributed by atoms with Crippen molar-refractivity contribution in [1.29, 1.82) is 5.26 Å². The minimum Gasteiger partial charge on any atom is -0.365 e. The summed E-state index contributed by atoms with van der Waals surface area (Å²) in [4.78, 5) is 4.27. The number of aromatic nitrogens is 3. The number of sulfone groups is 1. The Kier molecular flexibility index (Phi) is 4.08. The lowest BCUT2D eigenvalue weighted by Gasteiger charge is -2.11. The number of anilines is 3. The van der Waals surface area contributed by atoms with E-state index in [2.05, 4.69) is 25.8 Å². The van der Waals surface area contributed by atoms with Crippen LogP contribution < -0.4 is 10.6 Å². The number of benzene rings is 1. The number of rotatable bonds is 4. The predicted molar refractivity (Wildman–Crippen MR) is 84.9 cm³/mol. The average molecular weight is 330 g/mol. The van der Waals surface area contributed by atoms with Gasteiger partial charge < -0.3 is 10.6 Å². The third-order valence-electron chi connectivity index (χ3n) is 3.41. The van der Waals surface area contributed by atoms with E-state index in [1.807, 2.05) is 6.07 Å². The summed E-state index contributed by atoms with van der Waals surface area (Å²) in [6.07, 6.45) is 2.01. The minimum absolute atomic E-state index is 0.107. The Hall–Kier alpha value is -2.73. The van der Waals surface area contributed by atoms with Crippen molar-refractivity contribution in [2.24, 2.45) is 0 Å². The second-order valence-electron chi connectivity index (χ2n) is 5.22. The van der Waals surface area contributed by atoms with Crippen LogP contribution >= 0.6 is 0 Å². The van der Waals surface area contributed by atoms with Gasteiger partial charge in [-0.15, -0.1) is 5.10 Å². The van der Waals surface area contributed by atoms with Crippen LogP contribution in [0.5, 0.6) is 0 Å². The van der Waals surface area contributed by atoms with Gasteiger partial charge in [-0.25, -0.2) is 8.42 Å². The van der Waals surface area contributed by atoms with E-state index in [-0.39, 0.29) is 17.5 Å². The van der Waals surface area contributed by atoms with Crippen molar-refractivity contribution in [2.45, 2.75) is 12.5 Å². The zero-order valence-electron chi connectivity index (χ0n) is 12.1. The molecule has 0 amide bonds. The summed E-state index contributed by atoms with van der Waals surface area (Å²) >= 11 is 0. The standard InChI is InChI=1S/C14H14N6O2S/c15-7-10-1-3-11(4-2-10)18-14-19-13(8-16-20-14)17-12-5-6-23(21,22)9-12/h1-4,8,12H,5-6,9H2,(H2,17,18,19,20). The quantitative estimate of drug-likeness (QED) is 0.854. The van der Waals surface area contributed by atoms with Crippen molar-refractivity contribution in [3.05, 3.63) is 36.0 Å². The lowest BCUT2D eigenvalue weighted by atomic mass is 10.2. The molecule has 0 bridgehead atoms. The van der Waals surface area contributed by atoms with Crippen LogP contribution in [0.25, 0.3) is 0 Å². The van der Waals surface area contributed by atoms with Gasteiger partial charge in [-0.1, -0.05) is 0 Å². The molecule has 2 N–H and O–H groups in total. The first-order valence-corrected chi connectivity index (χ1v) is 8.80. The Bertz CT molecular complexity index is 844. The fourth-order valence-corrected chi connectivity index (χ4v) is 3.97. The van der Waals surface area contributed by atoms with Gasteiger partial charge in [0, 0.05) is 11.7 Å². The summed E-state index contributed by atoms with van der Waals surface area (Å²) in [6.45, 7) is 0. The molecular formula is C14H14N6O2S. The van der Waals surface area contributed by atoms with Crippen LogP contribution in [0, 0.1) is 11.3 Å². The van der Waals surface area contributed by atoms with Gasteiger partial charge in [0.15, 0.2) is 15.7 Å². The van der Waals surface area contributed by atoms with Crippen molar-refractivity contribution in [2.75, 3.05) is 22.1 Å². The largest absolute Gasteiger partial charge is 0.365 e. The molecule has 8 nitrogen and oxygen atoms in total. The number of nitrogens with one attached hydrogen (secondary N) is 2. The number of nitrogens with zero attached hydrogens (tertiary/aromatic N) is 4.